The lowest BCUT2D eigenvalue weighted by molar-refractivity contribution is 0.0742. The van der Waals surface area contributed by atoms with Crippen molar-refractivity contribution >= 4 is 46.5 Å². The van der Waals surface area contributed by atoms with Gasteiger partial charge in [0.2, 0.25) is 0 Å². The van der Waals surface area contributed by atoms with Crippen molar-refractivity contribution in [2.45, 2.75) is 51.5 Å². The van der Waals surface area contributed by atoms with Crippen LogP contribution < -0.4 is 5.43 Å². The number of carbonyl (C=O) groups excluding carboxylic acids is 1. The Balaban J connectivity index is 1.63. The maximum absolute atomic E-state index is 13.6. The van der Waals surface area contributed by atoms with Crippen LogP contribution in [0, 0.1) is 17.8 Å². The smallest absolute Gasteiger partial charge is 0.407 e. The second kappa shape index (κ2) is 12.6. The van der Waals surface area contributed by atoms with Gasteiger partial charge >= 0.3 is 6.09 Å². The minimum Gasteiger partial charge on any atom is -0.465 e. The molecule has 2 fully saturated rings. The van der Waals surface area contributed by atoms with Gasteiger partial charge in [-0.1, -0.05) is 54.3 Å². The monoisotopic (exact) mass is 599 g/mol. The summed E-state index contributed by atoms with van der Waals surface area (Å²) in [5.74, 6) is 6.76. The lowest BCUT2D eigenvalue weighted by atomic mass is 10.1. The van der Waals surface area contributed by atoms with Gasteiger partial charge in [-0.15, -0.1) is 11.3 Å². The molecule has 8 nitrogen and oxygen atoms in total. The summed E-state index contributed by atoms with van der Waals surface area (Å²) in [5.41, 5.74) is 4.74. The van der Waals surface area contributed by atoms with Crippen molar-refractivity contribution in [2.24, 2.45) is 5.92 Å². The maximum atomic E-state index is 13.6. The van der Waals surface area contributed by atoms with Crippen molar-refractivity contribution in [1.29, 1.82) is 0 Å². The minimum absolute atomic E-state index is 0.0420. The van der Waals surface area contributed by atoms with E-state index in [0.717, 1.165) is 59.8 Å². The highest BCUT2D eigenvalue weighted by Gasteiger charge is 2.29. The fraction of sp³-hybridized carbons (Fsp3) is 0.414. The zero-order valence-electron chi connectivity index (χ0n) is 22.3. The fourth-order valence-electron chi connectivity index (χ4n) is 5.15. The highest BCUT2D eigenvalue weighted by atomic mass is 35.5. The molecule has 0 radical (unpaired) electrons. The first-order chi connectivity index (χ1) is 19.3. The Bertz CT molecular complexity index is 1460. The molecule has 0 bridgehead atoms. The largest absolute Gasteiger partial charge is 0.465 e. The van der Waals surface area contributed by atoms with Crippen molar-refractivity contribution in [3.05, 3.63) is 56.5 Å². The second-order valence-electron chi connectivity index (χ2n) is 10.2. The Morgan fingerprint density at radius 2 is 1.88 bits per heavy atom. The van der Waals surface area contributed by atoms with Crippen LogP contribution in [0.1, 0.15) is 65.9 Å². The predicted molar refractivity (Wildman–Crippen MR) is 158 cm³/mol. The number of carbonyl (C=O) groups is 2. The Labute approximate surface area is 247 Å². The molecule has 2 aromatic heterocycles. The van der Waals surface area contributed by atoms with Gasteiger partial charge in [-0.2, -0.15) is 5.10 Å². The van der Waals surface area contributed by atoms with E-state index in [9.17, 15) is 14.7 Å². The van der Waals surface area contributed by atoms with Crippen LogP contribution in [0.3, 0.4) is 0 Å². The third-order valence-corrected chi connectivity index (χ3v) is 8.81. The molecule has 3 aromatic rings. The number of nitrogens with zero attached hydrogens (tertiary/aromatic N) is 4. The fourth-order valence-corrected chi connectivity index (χ4v) is 6.56. The first kappa shape index (κ1) is 28.5. The summed E-state index contributed by atoms with van der Waals surface area (Å²) >= 11 is 14.3. The molecule has 0 spiro atoms. The van der Waals surface area contributed by atoms with E-state index < -0.39 is 12.0 Å². The van der Waals surface area contributed by atoms with Crippen molar-refractivity contribution in [3.63, 3.8) is 0 Å². The van der Waals surface area contributed by atoms with Crippen LogP contribution in [0.4, 0.5) is 4.79 Å². The van der Waals surface area contributed by atoms with Crippen molar-refractivity contribution in [2.75, 3.05) is 20.1 Å². The third kappa shape index (κ3) is 6.47. The van der Waals surface area contributed by atoms with Crippen molar-refractivity contribution < 1.29 is 14.7 Å². The molecule has 2 N–H and O–H groups in total. The number of piperidine rings is 1. The third-order valence-electron chi connectivity index (χ3n) is 7.27. The molecule has 40 heavy (non-hydrogen) atoms. The Morgan fingerprint density at radius 1 is 1.12 bits per heavy atom. The summed E-state index contributed by atoms with van der Waals surface area (Å²) < 4.78 is 1.62. The van der Waals surface area contributed by atoms with Crippen molar-refractivity contribution in [3.8, 4) is 28.1 Å². The number of thiophene rings is 1. The summed E-state index contributed by atoms with van der Waals surface area (Å²) in [6, 6.07) is 8.97. The van der Waals surface area contributed by atoms with Crippen LogP contribution in [0.25, 0.3) is 16.3 Å². The van der Waals surface area contributed by atoms with E-state index >= 15 is 0 Å². The number of hydrogen-bond donors (Lipinski definition) is 2. The standard InChI is InChI=1S/C29H31Cl2N5O3S/c1-34(29(38)39)18-22-26(28(37)33-35-15-5-2-6-16-35)32-36(24-13-10-20(30)17-23(24)31)27(22)25-14-12-21(40-25)11-9-19-7-3-4-8-19/h10,12-14,17,19H,2-8,15-16,18H2,1H3,(H,33,37)(H,38,39). The molecule has 210 valence electrons. The number of amides is 2. The number of benzene rings is 1. The van der Waals surface area contributed by atoms with Gasteiger partial charge in [-0.3, -0.25) is 10.2 Å². The molecule has 2 amide bonds. The highest BCUT2D eigenvalue weighted by molar-refractivity contribution is 7.16. The average Bonchev–Trinajstić information content (AvgIpc) is 3.68. The van der Waals surface area contributed by atoms with Crippen molar-refractivity contribution in [1.82, 2.24) is 25.1 Å². The summed E-state index contributed by atoms with van der Waals surface area (Å²) in [6.07, 6.45) is 6.71. The predicted octanol–water partition coefficient (Wildman–Crippen LogP) is 6.69. The van der Waals surface area contributed by atoms with Crippen LogP contribution >= 0.6 is 34.5 Å². The van der Waals surface area contributed by atoms with E-state index in [1.807, 2.05) is 17.1 Å². The molecule has 2 aliphatic rings. The van der Waals surface area contributed by atoms with Gasteiger partial charge in [0.1, 0.15) is 0 Å². The van der Waals surface area contributed by atoms with Gasteiger partial charge in [0.25, 0.3) is 5.91 Å². The topological polar surface area (TPSA) is 90.7 Å². The molecule has 1 aliphatic carbocycles. The lowest BCUT2D eigenvalue weighted by Crippen LogP contribution is -2.45. The second-order valence-corrected chi connectivity index (χ2v) is 12.2. The van der Waals surface area contributed by atoms with E-state index in [0.29, 0.717) is 32.9 Å². The van der Waals surface area contributed by atoms with Gasteiger partial charge in [0, 0.05) is 36.6 Å². The Morgan fingerprint density at radius 3 is 2.58 bits per heavy atom. The zero-order valence-corrected chi connectivity index (χ0v) is 24.6. The normalized spacial score (nSPS) is 16.0. The zero-order chi connectivity index (χ0) is 28.2. The number of hydrazine groups is 1. The summed E-state index contributed by atoms with van der Waals surface area (Å²) in [4.78, 5) is 28.4. The highest BCUT2D eigenvalue weighted by Crippen LogP contribution is 2.37. The summed E-state index contributed by atoms with van der Waals surface area (Å²) in [5, 5.41) is 17.2. The molecule has 11 heteroatoms. The molecule has 5 rings (SSSR count). The molecular formula is C29H31Cl2N5O3S. The van der Waals surface area contributed by atoms with Gasteiger partial charge in [0.05, 0.1) is 32.7 Å². The van der Waals surface area contributed by atoms with Crippen LogP contribution in [0.15, 0.2) is 30.3 Å². The number of halogens is 2. The molecular weight excluding hydrogens is 569 g/mol. The number of aromatic nitrogens is 2. The summed E-state index contributed by atoms with van der Waals surface area (Å²) in [6.45, 7) is 1.46. The Kier molecular flexibility index (Phi) is 9.01. The number of rotatable bonds is 6. The maximum Gasteiger partial charge on any atom is 0.407 e. The van der Waals surface area contributed by atoms with Crippen LogP contribution in [0.5, 0.6) is 0 Å². The molecule has 1 saturated heterocycles. The Hall–Kier alpha value is -3.03. The van der Waals surface area contributed by atoms with E-state index in [4.69, 9.17) is 28.3 Å². The minimum atomic E-state index is -1.11. The van der Waals surface area contributed by atoms with Crippen LogP contribution in [-0.2, 0) is 6.54 Å². The van der Waals surface area contributed by atoms with E-state index in [-0.39, 0.29) is 12.2 Å². The molecule has 0 atom stereocenters. The van der Waals surface area contributed by atoms with Crippen LogP contribution in [-0.4, -0.2) is 56.9 Å². The van der Waals surface area contributed by atoms with E-state index in [2.05, 4.69) is 17.3 Å². The van der Waals surface area contributed by atoms with E-state index in [1.165, 1.54) is 31.2 Å². The molecule has 0 unspecified atom stereocenters. The van der Waals surface area contributed by atoms with Gasteiger partial charge in [0.15, 0.2) is 5.69 Å². The summed E-state index contributed by atoms with van der Waals surface area (Å²) in [7, 11) is 1.47. The van der Waals surface area contributed by atoms with E-state index in [1.54, 1.807) is 22.9 Å². The molecule has 1 aromatic carbocycles. The molecule has 1 saturated carbocycles. The number of carboxylic acid groups (broad SMARTS) is 1. The lowest BCUT2D eigenvalue weighted by Gasteiger charge is -2.26. The number of nitrogens with one attached hydrogen (secondary N) is 1. The SMILES string of the molecule is CN(Cc1c(C(=O)NN2CCCCC2)nn(-c2ccc(Cl)cc2Cl)c1-c1ccc(C#CC2CCCC2)s1)C(=O)O. The van der Waals surface area contributed by atoms with Gasteiger partial charge in [-0.05, 0) is 56.0 Å². The average molecular weight is 601 g/mol. The first-order valence-electron chi connectivity index (χ1n) is 13.5. The number of hydrogen-bond acceptors (Lipinski definition) is 5. The van der Waals surface area contributed by atoms with Gasteiger partial charge < -0.3 is 10.0 Å². The molecule has 3 heterocycles. The molecule has 1 aliphatic heterocycles. The van der Waals surface area contributed by atoms with Gasteiger partial charge in [-0.25, -0.2) is 14.5 Å². The van der Waals surface area contributed by atoms with Crippen LogP contribution in [0.2, 0.25) is 10.0 Å². The first-order valence-corrected chi connectivity index (χ1v) is 15.1. The quantitative estimate of drug-likeness (QED) is 0.308.